The smallest absolute Gasteiger partial charge is 0.141 e. The third-order valence-corrected chi connectivity index (χ3v) is 3.69. The Labute approximate surface area is 117 Å². The quantitative estimate of drug-likeness (QED) is 0.814. The zero-order valence-electron chi connectivity index (χ0n) is 11.1. The summed E-state index contributed by atoms with van der Waals surface area (Å²) in [7, 11) is 0. The number of thioether (sulfide) groups is 1. The van der Waals surface area contributed by atoms with Gasteiger partial charge in [-0.3, -0.25) is 4.98 Å². The molecule has 1 aromatic heterocycles. The molecular formula is C15H17FN2S. The fourth-order valence-corrected chi connectivity index (χ4v) is 2.28. The molecule has 2 aromatic rings. The maximum atomic E-state index is 12.9. The predicted molar refractivity (Wildman–Crippen MR) is 79.1 cm³/mol. The molecule has 1 heterocycles. The summed E-state index contributed by atoms with van der Waals surface area (Å²) < 4.78 is 12.9. The van der Waals surface area contributed by atoms with Crippen molar-refractivity contribution in [1.82, 2.24) is 4.98 Å². The number of anilines is 1. The predicted octanol–water partition coefficient (Wildman–Crippen LogP) is 4.51. The summed E-state index contributed by atoms with van der Waals surface area (Å²) in [6.07, 6.45) is 4.21. The van der Waals surface area contributed by atoms with Gasteiger partial charge < -0.3 is 5.32 Å². The van der Waals surface area contributed by atoms with Crippen LogP contribution in [0.2, 0.25) is 0 Å². The summed E-state index contributed by atoms with van der Waals surface area (Å²) in [6, 6.07) is 11.5. The lowest BCUT2D eigenvalue weighted by Crippen LogP contribution is -2.11. The Morgan fingerprint density at radius 3 is 2.47 bits per heavy atom. The van der Waals surface area contributed by atoms with Crippen LogP contribution in [0.1, 0.15) is 25.1 Å². The number of rotatable bonds is 5. The van der Waals surface area contributed by atoms with Gasteiger partial charge in [0.2, 0.25) is 0 Å². The van der Waals surface area contributed by atoms with Gasteiger partial charge in [-0.25, -0.2) is 4.39 Å². The minimum absolute atomic E-state index is 0.0979. The van der Waals surface area contributed by atoms with E-state index in [1.165, 1.54) is 17.2 Å². The molecule has 1 N–H and O–H groups in total. The zero-order valence-corrected chi connectivity index (χ0v) is 11.9. The van der Waals surface area contributed by atoms with Crippen LogP contribution in [0.5, 0.6) is 0 Å². The van der Waals surface area contributed by atoms with E-state index >= 15 is 0 Å². The third kappa shape index (κ3) is 3.70. The van der Waals surface area contributed by atoms with Gasteiger partial charge >= 0.3 is 0 Å². The van der Waals surface area contributed by atoms with E-state index in [1.807, 2.05) is 0 Å². The second-order valence-electron chi connectivity index (χ2n) is 4.23. The van der Waals surface area contributed by atoms with Gasteiger partial charge in [-0.05, 0) is 49.1 Å². The van der Waals surface area contributed by atoms with Crippen LogP contribution in [-0.4, -0.2) is 11.2 Å². The highest BCUT2D eigenvalue weighted by molar-refractivity contribution is 7.98. The first-order chi connectivity index (χ1) is 9.22. The fraction of sp³-hybridized carbons (Fsp3) is 0.267. The number of pyridine rings is 1. The molecule has 0 saturated carbocycles. The number of halogens is 1. The minimum Gasteiger partial charge on any atom is -0.377 e. The number of nitrogens with one attached hydrogen (secondary N) is 1. The summed E-state index contributed by atoms with van der Waals surface area (Å²) >= 11 is 1.72. The molecule has 0 saturated heterocycles. The first-order valence-electron chi connectivity index (χ1n) is 6.25. The van der Waals surface area contributed by atoms with E-state index in [0.29, 0.717) is 0 Å². The summed E-state index contributed by atoms with van der Waals surface area (Å²) in [4.78, 5) is 5.37. The molecule has 0 aliphatic carbocycles. The van der Waals surface area contributed by atoms with Gasteiger partial charge in [0.15, 0.2) is 0 Å². The van der Waals surface area contributed by atoms with Crippen LogP contribution >= 0.6 is 11.8 Å². The van der Waals surface area contributed by atoms with Gasteiger partial charge in [0, 0.05) is 10.6 Å². The Balaban J connectivity index is 2.11. The number of benzene rings is 1. The molecule has 1 unspecified atom stereocenters. The van der Waals surface area contributed by atoms with Crippen molar-refractivity contribution >= 4 is 17.4 Å². The molecule has 2 nitrogen and oxygen atoms in total. The van der Waals surface area contributed by atoms with E-state index in [-0.39, 0.29) is 11.9 Å². The molecule has 0 aliphatic heterocycles. The molecular weight excluding hydrogens is 259 g/mol. The van der Waals surface area contributed by atoms with E-state index in [0.717, 1.165) is 17.8 Å². The van der Waals surface area contributed by atoms with Crippen molar-refractivity contribution in [3.63, 3.8) is 0 Å². The van der Waals surface area contributed by atoms with Gasteiger partial charge in [0.25, 0.3) is 0 Å². The van der Waals surface area contributed by atoms with Gasteiger partial charge in [-0.2, -0.15) is 0 Å². The number of hydrogen-bond acceptors (Lipinski definition) is 3. The van der Waals surface area contributed by atoms with Crippen molar-refractivity contribution in [2.75, 3.05) is 11.6 Å². The largest absolute Gasteiger partial charge is 0.377 e. The lowest BCUT2D eigenvalue weighted by Gasteiger charge is -2.18. The highest BCUT2D eigenvalue weighted by Gasteiger charge is 2.10. The molecule has 1 aromatic carbocycles. The van der Waals surface area contributed by atoms with Crippen LogP contribution in [0.15, 0.2) is 47.5 Å². The Morgan fingerprint density at radius 2 is 1.95 bits per heavy atom. The van der Waals surface area contributed by atoms with Crippen LogP contribution in [-0.2, 0) is 0 Å². The molecule has 100 valence electrons. The molecule has 4 heteroatoms. The van der Waals surface area contributed by atoms with Gasteiger partial charge in [0.1, 0.15) is 5.82 Å². The van der Waals surface area contributed by atoms with E-state index < -0.39 is 0 Å². The third-order valence-electron chi connectivity index (χ3n) is 2.95. The first kappa shape index (κ1) is 13.9. The molecule has 0 bridgehead atoms. The van der Waals surface area contributed by atoms with Crippen LogP contribution in [0.4, 0.5) is 10.1 Å². The highest BCUT2D eigenvalue weighted by atomic mass is 32.2. The van der Waals surface area contributed by atoms with Gasteiger partial charge in [0.05, 0.1) is 17.9 Å². The standard InChI is InChI=1S/C15H17FN2S/c1-3-14(15-9-4-11(16)10-17-15)18-12-5-7-13(19-2)8-6-12/h4-10,14,18H,3H2,1-2H3. The minimum atomic E-state index is -0.303. The summed E-state index contributed by atoms with van der Waals surface area (Å²) in [5, 5.41) is 3.42. The number of aromatic nitrogens is 1. The fourth-order valence-electron chi connectivity index (χ4n) is 1.87. The summed E-state index contributed by atoms with van der Waals surface area (Å²) in [5.41, 5.74) is 1.91. The van der Waals surface area contributed by atoms with Crippen molar-refractivity contribution in [2.45, 2.75) is 24.3 Å². The molecule has 19 heavy (non-hydrogen) atoms. The van der Waals surface area contributed by atoms with Crippen molar-refractivity contribution in [2.24, 2.45) is 0 Å². The van der Waals surface area contributed by atoms with Crippen molar-refractivity contribution in [3.05, 3.63) is 54.1 Å². The van der Waals surface area contributed by atoms with Crippen molar-refractivity contribution < 1.29 is 4.39 Å². The molecule has 2 rings (SSSR count). The molecule has 0 spiro atoms. The normalized spacial score (nSPS) is 12.2. The summed E-state index contributed by atoms with van der Waals surface area (Å²) in [6.45, 7) is 2.08. The van der Waals surface area contributed by atoms with Crippen LogP contribution in [0.3, 0.4) is 0 Å². The van der Waals surface area contributed by atoms with Crippen molar-refractivity contribution in [3.8, 4) is 0 Å². The monoisotopic (exact) mass is 276 g/mol. The summed E-state index contributed by atoms with van der Waals surface area (Å²) in [5.74, 6) is -0.303. The van der Waals surface area contributed by atoms with Crippen LogP contribution < -0.4 is 5.32 Å². The first-order valence-corrected chi connectivity index (χ1v) is 7.47. The van der Waals surface area contributed by atoms with E-state index in [4.69, 9.17) is 0 Å². The lowest BCUT2D eigenvalue weighted by atomic mass is 10.1. The number of hydrogen-bond donors (Lipinski definition) is 1. The topological polar surface area (TPSA) is 24.9 Å². The Hall–Kier alpha value is -1.55. The van der Waals surface area contributed by atoms with E-state index in [1.54, 1.807) is 17.8 Å². The Bertz CT molecular complexity index is 511. The second-order valence-corrected chi connectivity index (χ2v) is 5.11. The van der Waals surface area contributed by atoms with Crippen LogP contribution in [0, 0.1) is 5.82 Å². The average Bonchev–Trinajstić information content (AvgIpc) is 2.46. The van der Waals surface area contributed by atoms with Crippen molar-refractivity contribution in [1.29, 1.82) is 0 Å². The molecule has 1 atom stereocenters. The molecule has 0 aliphatic rings. The molecule has 0 fully saturated rings. The zero-order chi connectivity index (χ0) is 13.7. The lowest BCUT2D eigenvalue weighted by molar-refractivity contribution is 0.614. The van der Waals surface area contributed by atoms with Crippen LogP contribution in [0.25, 0.3) is 0 Å². The Kier molecular flexibility index (Phi) is 4.80. The number of nitrogens with zero attached hydrogens (tertiary/aromatic N) is 1. The second kappa shape index (κ2) is 6.57. The molecule has 0 amide bonds. The van der Waals surface area contributed by atoms with E-state index in [9.17, 15) is 4.39 Å². The molecule has 0 radical (unpaired) electrons. The average molecular weight is 276 g/mol. The maximum Gasteiger partial charge on any atom is 0.141 e. The maximum absolute atomic E-state index is 12.9. The SMILES string of the molecule is CCC(Nc1ccc(SC)cc1)c1ccc(F)cn1. The van der Waals surface area contributed by atoms with Gasteiger partial charge in [-0.1, -0.05) is 6.92 Å². The van der Waals surface area contributed by atoms with E-state index in [2.05, 4.69) is 47.7 Å². The van der Waals surface area contributed by atoms with Gasteiger partial charge in [-0.15, -0.1) is 11.8 Å². The highest BCUT2D eigenvalue weighted by Crippen LogP contribution is 2.23. The Morgan fingerprint density at radius 1 is 1.21 bits per heavy atom.